The summed E-state index contributed by atoms with van der Waals surface area (Å²) in [7, 11) is 3.60. The van der Waals surface area contributed by atoms with Gasteiger partial charge in [0.2, 0.25) is 0 Å². The van der Waals surface area contributed by atoms with Gasteiger partial charge in [-0.2, -0.15) is 0 Å². The van der Waals surface area contributed by atoms with Crippen LogP contribution in [-0.2, 0) is 0 Å². The van der Waals surface area contributed by atoms with Crippen molar-refractivity contribution in [2.45, 2.75) is 13.0 Å². The smallest absolute Gasteiger partial charge is 0.183 e. The highest BCUT2D eigenvalue weighted by Crippen LogP contribution is 2.35. The topological polar surface area (TPSA) is 37.0 Å². The minimum Gasteiger partial charge on any atom is -0.365 e. The number of rotatable bonds is 4. The van der Waals surface area contributed by atoms with E-state index in [0.29, 0.717) is 11.3 Å². The first-order chi connectivity index (χ1) is 9.05. The molecule has 0 saturated heterocycles. The number of aromatic nitrogens is 1. The largest absolute Gasteiger partial charge is 0.365 e. The number of halogens is 2. The lowest BCUT2D eigenvalue weighted by Crippen LogP contribution is -2.11. The Morgan fingerprint density at radius 3 is 2.32 bits per heavy atom. The van der Waals surface area contributed by atoms with E-state index in [0.717, 1.165) is 16.1 Å². The predicted molar refractivity (Wildman–Crippen MR) is 74.5 cm³/mol. The van der Waals surface area contributed by atoms with E-state index >= 15 is 0 Å². The minimum atomic E-state index is -0.600. The molecule has 0 aliphatic carbocycles. The fraction of sp³-hybridized carbons (Fsp3) is 0.308. The summed E-state index contributed by atoms with van der Waals surface area (Å²) in [5.74, 6) is -1.20. The normalized spacial score (nSPS) is 12.5. The van der Waals surface area contributed by atoms with E-state index in [1.807, 2.05) is 14.0 Å². The molecule has 0 spiro atoms. The Bertz CT molecular complexity index is 563. The molecule has 2 aromatic rings. The summed E-state index contributed by atoms with van der Waals surface area (Å²) < 4.78 is 26.6. The average molecular weight is 283 g/mol. The summed E-state index contributed by atoms with van der Waals surface area (Å²) in [6.45, 7) is 1.98. The molecule has 102 valence electrons. The standard InChI is InChI=1S/C13H15F2N3S/c1-7(16-2)12-11(18-13(17-3)19-12)8-4-9(14)6-10(15)5-8/h4-7,16H,1-3H3,(H,17,18). The number of thiazole rings is 1. The van der Waals surface area contributed by atoms with Crippen molar-refractivity contribution in [3.05, 3.63) is 34.7 Å². The number of nitrogens with zero attached hydrogens (tertiary/aromatic N) is 1. The monoisotopic (exact) mass is 283 g/mol. The second-order valence-electron chi connectivity index (χ2n) is 4.15. The van der Waals surface area contributed by atoms with Gasteiger partial charge in [0.15, 0.2) is 5.13 Å². The molecule has 19 heavy (non-hydrogen) atoms. The maximum atomic E-state index is 13.3. The maximum absolute atomic E-state index is 13.3. The first kappa shape index (κ1) is 13.9. The number of benzene rings is 1. The lowest BCUT2D eigenvalue weighted by Gasteiger charge is -2.09. The van der Waals surface area contributed by atoms with E-state index in [2.05, 4.69) is 15.6 Å². The molecule has 6 heteroatoms. The van der Waals surface area contributed by atoms with Crippen molar-refractivity contribution in [1.29, 1.82) is 0 Å². The van der Waals surface area contributed by atoms with E-state index in [4.69, 9.17) is 0 Å². The molecule has 0 radical (unpaired) electrons. The van der Waals surface area contributed by atoms with E-state index in [1.165, 1.54) is 23.5 Å². The zero-order valence-corrected chi connectivity index (χ0v) is 11.7. The van der Waals surface area contributed by atoms with Gasteiger partial charge in [0.05, 0.1) is 10.6 Å². The first-order valence-corrected chi connectivity index (χ1v) is 6.69. The third-order valence-electron chi connectivity index (χ3n) is 2.83. The molecule has 0 bridgehead atoms. The van der Waals surface area contributed by atoms with Crippen molar-refractivity contribution in [2.24, 2.45) is 0 Å². The highest BCUT2D eigenvalue weighted by molar-refractivity contribution is 7.16. The number of hydrogen-bond acceptors (Lipinski definition) is 4. The van der Waals surface area contributed by atoms with Crippen LogP contribution in [0, 0.1) is 11.6 Å². The summed E-state index contributed by atoms with van der Waals surface area (Å²) in [4.78, 5) is 5.33. The van der Waals surface area contributed by atoms with Crippen LogP contribution in [0.2, 0.25) is 0 Å². The van der Waals surface area contributed by atoms with Gasteiger partial charge in [0.1, 0.15) is 11.6 Å². The van der Waals surface area contributed by atoms with Crippen molar-refractivity contribution in [3.63, 3.8) is 0 Å². The van der Waals surface area contributed by atoms with E-state index in [-0.39, 0.29) is 6.04 Å². The van der Waals surface area contributed by atoms with Crippen molar-refractivity contribution in [2.75, 3.05) is 19.4 Å². The minimum absolute atomic E-state index is 0.0564. The summed E-state index contributed by atoms with van der Waals surface area (Å²) in [5.41, 5.74) is 1.06. The number of nitrogens with one attached hydrogen (secondary N) is 2. The Morgan fingerprint density at radius 2 is 1.79 bits per heavy atom. The Morgan fingerprint density at radius 1 is 1.16 bits per heavy atom. The van der Waals surface area contributed by atoms with Gasteiger partial charge in [-0.05, 0) is 26.1 Å². The van der Waals surface area contributed by atoms with Gasteiger partial charge in [0.25, 0.3) is 0 Å². The highest BCUT2D eigenvalue weighted by atomic mass is 32.1. The molecule has 1 unspecified atom stereocenters. The second kappa shape index (κ2) is 5.63. The number of hydrogen-bond donors (Lipinski definition) is 2. The van der Waals surface area contributed by atoms with Crippen LogP contribution in [0.25, 0.3) is 11.3 Å². The molecule has 2 rings (SSSR count). The highest BCUT2D eigenvalue weighted by Gasteiger charge is 2.18. The Hall–Kier alpha value is -1.53. The Kier molecular flexibility index (Phi) is 4.11. The molecular formula is C13H15F2N3S. The van der Waals surface area contributed by atoms with Crippen LogP contribution in [0.1, 0.15) is 17.8 Å². The van der Waals surface area contributed by atoms with Crippen LogP contribution in [0.4, 0.5) is 13.9 Å². The van der Waals surface area contributed by atoms with Crippen molar-refractivity contribution in [1.82, 2.24) is 10.3 Å². The molecule has 3 nitrogen and oxygen atoms in total. The number of anilines is 1. The fourth-order valence-corrected chi connectivity index (χ4v) is 2.76. The Labute approximate surface area is 114 Å². The van der Waals surface area contributed by atoms with Crippen LogP contribution in [-0.4, -0.2) is 19.1 Å². The van der Waals surface area contributed by atoms with Gasteiger partial charge in [-0.15, -0.1) is 0 Å². The van der Waals surface area contributed by atoms with Crippen molar-refractivity contribution < 1.29 is 8.78 Å². The molecular weight excluding hydrogens is 268 g/mol. The van der Waals surface area contributed by atoms with Gasteiger partial charge < -0.3 is 10.6 Å². The van der Waals surface area contributed by atoms with Gasteiger partial charge in [-0.1, -0.05) is 11.3 Å². The lowest BCUT2D eigenvalue weighted by atomic mass is 10.1. The summed E-state index contributed by atoms with van der Waals surface area (Å²) in [6.07, 6.45) is 0. The van der Waals surface area contributed by atoms with Gasteiger partial charge in [-0.3, -0.25) is 0 Å². The summed E-state index contributed by atoms with van der Waals surface area (Å²) >= 11 is 1.47. The molecule has 1 aromatic heterocycles. The summed E-state index contributed by atoms with van der Waals surface area (Å²) in [5, 5.41) is 6.79. The maximum Gasteiger partial charge on any atom is 0.183 e. The Balaban J connectivity index is 2.56. The second-order valence-corrected chi connectivity index (χ2v) is 5.18. The molecule has 0 aliphatic rings. The van der Waals surface area contributed by atoms with Crippen LogP contribution in [0.5, 0.6) is 0 Å². The van der Waals surface area contributed by atoms with Gasteiger partial charge >= 0.3 is 0 Å². The first-order valence-electron chi connectivity index (χ1n) is 5.87. The van der Waals surface area contributed by atoms with Crippen LogP contribution >= 0.6 is 11.3 Å². The van der Waals surface area contributed by atoms with Gasteiger partial charge in [-0.25, -0.2) is 13.8 Å². The quantitative estimate of drug-likeness (QED) is 0.903. The molecule has 1 aromatic carbocycles. The van der Waals surface area contributed by atoms with E-state index < -0.39 is 11.6 Å². The van der Waals surface area contributed by atoms with E-state index in [9.17, 15) is 8.78 Å². The van der Waals surface area contributed by atoms with Crippen LogP contribution < -0.4 is 10.6 Å². The molecule has 2 N–H and O–H groups in total. The van der Waals surface area contributed by atoms with Crippen molar-refractivity contribution >= 4 is 16.5 Å². The lowest BCUT2D eigenvalue weighted by molar-refractivity contribution is 0.584. The van der Waals surface area contributed by atoms with Crippen molar-refractivity contribution in [3.8, 4) is 11.3 Å². The fourth-order valence-electron chi connectivity index (χ4n) is 1.76. The van der Waals surface area contributed by atoms with Crippen LogP contribution in [0.15, 0.2) is 18.2 Å². The zero-order chi connectivity index (χ0) is 14.0. The third-order valence-corrected chi connectivity index (χ3v) is 4.09. The average Bonchev–Trinajstić information content (AvgIpc) is 2.81. The predicted octanol–water partition coefficient (Wildman–Crippen LogP) is 3.41. The van der Waals surface area contributed by atoms with Crippen LogP contribution in [0.3, 0.4) is 0 Å². The van der Waals surface area contributed by atoms with Gasteiger partial charge in [0, 0.05) is 24.7 Å². The summed E-state index contributed by atoms with van der Waals surface area (Å²) in [6, 6.07) is 3.50. The molecule has 0 aliphatic heterocycles. The molecule has 1 atom stereocenters. The van der Waals surface area contributed by atoms with E-state index in [1.54, 1.807) is 7.05 Å². The molecule has 0 fully saturated rings. The third kappa shape index (κ3) is 2.90. The zero-order valence-electron chi connectivity index (χ0n) is 10.9. The molecule has 1 heterocycles. The SMILES string of the molecule is CNc1nc(-c2cc(F)cc(F)c2)c(C(C)NC)s1. The molecule has 0 amide bonds. The molecule has 0 saturated carbocycles.